The molecule has 28 heavy (non-hydrogen) atoms. The summed E-state index contributed by atoms with van der Waals surface area (Å²) < 4.78 is 0. The Morgan fingerprint density at radius 1 is 0.857 bits per heavy atom. The zero-order valence-electron chi connectivity index (χ0n) is 15.0. The summed E-state index contributed by atoms with van der Waals surface area (Å²) in [6, 6.07) is 23.8. The molecule has 1 aliphatic rings. The molecule has 4 aromatic rings. The van der Waals surface area contributed by atoms with Crippen molar-refractivity contribution in [1.29, 1.82) is 0 Å². The first-order valence-corrected chi connectivity index (χ1v) is 10.5. The van der Waals surface area contributed by atoms with Crippen LogP contribution in [-0.4, -0.2) is 15.2 Å². The van der Waals surface area contributed by atoms with E-state index in [0.29, 0.717) is 5.16 Å². The lowest BCUT2D eigenvalue weighted by molar-refractivity contribution is 0.266. The molecule has 0 bridgehead atoms. The molecule has 4 nitrogen and oxygen atoms in total. The zero-order chi connectivity index (χ0) is 19.1. The molecule has 0 aliphatic carbocycles. The minimum Gasteiger partial charge on any atom is -0.269 e. The van der Waals surface area contributed by atoms with E-state index in [4.69, 9.17) is 0 Å². The van der Waals surface area contributed by atoms with Gasteiger partial charge in [-0.1, -0.05) is 54.2 Å². The largest absolute Gasteiger partial charge is 0.298 e. The minimum atomic E-state index is -0.116. The first kappa shape index (κ1) is 17.3. The van der Waals surface area contributed by atoms with Crippen LogP contribution in [0.15, 0.2) is 87.7 Å². The number of hydrogen-bond donors (Lipinski definition) is 0. The Labute approximate surface area is 171 Å². The maximum absolute atomic E-state index is 13.3. The summed E-state index contributed by atoms with van der Waals surface area (Å²) in [4.78, 5) is 26.4. The number of amides is 1. The molecule has 0 radical (unpaired) electrons. The summed E-state index contributed by atoms with van der Waals surface area (Å²) >= 11 is 2.74. The molecule has 136 valence electrons. The summed E-state index contributed by atoms with van der Waals surface area (Å²) in [7, 11) is 0. The van der Waals surface area contributed by atoms with Gasteiger partial charge in [-0.15, -0.1) is 0 Å². The van der Waals surface area contributed by atoms with Crippen LogP contribution < -0.4 is 4.90 Å². The Morgan fingerprint density at radius 2 is 1.46 bits per heavy atom. The highest BCUT2D eigenvalue weighted by Crippen LogP contribution is 2.49. The van der Waals surface area contributed by atoms with Crippen LogP contribution in [0.3, 0.4) is 0 Å². The van der Waals surface area contributed by atoms with Gasteiger partial charge in [-0.25, -0.2) is 9.97 Å². The molecule has 0 fully saturated rings. The third-order valence-corrected chi connectivity index (χ3v) is 6.42. The number of para-hydroxylation sites is 3. The van der Waals surface area contributed by atoms with Crippen molar-refractivity contribution < 1.29 is 4.79 Å². The average Bonchev–Trinajstić information content (AvgIpc) is 2.72. The minimum absolute atomic E-state index is 0.116. The molecule has 3 aromatic carbocycles. The van der Waals surface area contributed by atoms with Crippen molar-refractivity contribution in [3.63, 3.8) is 0 Å². The summed E-state index contributed by atoms with van der Waals surface area (Å²) in [6.45, 7) is 1.95. The summed E-state index contributed by atoms with van der Waals surface area (Å²) in [5.41, 5.74) is 3.50. The van der Waals surface area contributed by atoms with Gasteiger partial charge >= 0.3 is 0 Å². The highest BCUT2D eigenvalue weighted by atomic mass is 32.2. The van der Waals surface area contributed by atoms with E-state index in [-0.39, 0.29) is 5.24 Å². The van der Waals surface area contributed by atoms with Crippen LogP contribution >= 0.6 is 23.5 Å². The maximum Gasteiger partial charge on any atom is 0.298 e. The van der Waals surface area contributed by atoms with Crippen LogP contribution in [0.1, 0.15) is 5.69 Å². The smallest absolute Gasteiger partial charge is 0.269 e. The third-order valence-electron chi connectivity index (χ3n) is 4.57. The number of fused-ring (bicyclic) bond motifs is 3. The molecule has 0 unspecified atom stereocenters. The van der Waals surface area contributed by atoms with Gasteiger partial charge in [0, 0.05) is 32.6 Å². The van der Waals surface area contributed by atoms with Crippen LogP contribution in [0, 0.1) is 6.92 Å². The van der Waals surface area contributed by atoms with Gasteiger partial charge < -0.3 is 0 Å². The van der Waals surface area contributed by atoms with Crippen LogP contribution in [0.5, 0.6) is 0 Å². The molecule has 5 rings (SSSR count). The fraction of sp³-hybridized carbons (Fsp3) is 0.0455. The van der Waals surface area contributed by atoms with E-state index >= 15 is 0 Å². The Bertz CT molecular complexity index is 1180. The molecule has 0 saturated heterocycles. The van der Waals surface area contributed by atoms with Gasteiger partial charge in [-0.05, 0) is 37.3 Å². The third kappa shape index (κ3) is 2.95. The van der Waals surface area contributed by atoms with Gasteiger partial charge in [0.25, 0.3) is 5.24 Å². The number of thioether (sulfide) groups is 1. The van der Waals surface area contributed by atoms with Gasteiger partial charge in [0.05, 0.1) is 16.9 Å². The molecule has 0 N–H and O–H groups in total. The number of hydrogen-bond acceptors (Lipinski definition) is 5. The van der Waals surface area contributed by atoms with E-state index in [0.717, 1.165) is 49.5 Å². The average molecular weight is 402 g/mol. The van der Waals surface area contributed by atoms with Crippen molar-refractivity contribution >= 4 is 51.0 Å². The van der Waals surface area contributed by atoms with Crippen LogP contribution in [0.4, 0.5) is 16.2 Å². The highest BCUT2D eigenvalue weighted by Gasteiger charge is 2.29. The monoisotopic (exact) mass is 401 g/mol. The van der Waals surface area contributed by atoms with E-state index < -0.39 is 0 Å². The molecule has 1 aliphatic heterocycles. The quantitative estimate of drug-likeness (QED) is 0.271. The number of nitrogens with zero attached hydrogens (tertiary/aromatic N) is 3. The maximum atomic E-state index is 13.3. The van der Waals surface area contributed by atoms with Crippen molar-refractivity contribution in [3.05, 3.63) is 78.5 Å². The van der Waals surface area contributed by atoms with Crippen molar-refractivity contribution in [2.45, 2.75) is 21.9 Å². The second-order valence-electron chi connectivity index (χ2n) is 6.35. The molecule has 0 saturated carbocycles. The van der Waals surface area contributed by atoms with Crippen molar-refractivity contribution in [2.24, 2.45) is 0 Å². The first-order chi connectivity index (χ1) is 13.7. The van der Waals surface area contributed by atoms with Crippen LogP contribution in [-0.2, 0) is 0 Å². The predicted octanol–water partition coefficient (Wildman–Crippen LogP) is 6.45. The van der Waals surface area contributed by atoms with Crippen LogP contribution in [0.2, 0.25) is 0 Å². The summed E-state index contributed by atoms with van der Waals surface area (Å²) in [5, 5.41) is 1.36. The van der Waals surface area contributed by atoms with E-state index in [9.17, 15) is 4.79 Å². The van der Waals surface area contributed by atoms with E-state index in [1.165, 1.54) is 0 Å². The van der Waals surface area contributed by atoms with Crippen molar-refractivity contribution in [2.75, 3.05) is 4.90 Å². The van der Waals surface area contributed by atoms with E-state index in [1.54, 1.807) is 16.7 Å². The topological polar surface area (TPSA) is 46.1 Å². The normalized spacial score (nSPS) is 12.5. The Balaban J connectivity index is 1.56. The number of aromatic nitrogens is 2. The van der Waals surface area contributed by atoms with Gasteiger partial charge in [0.2, 0.25) is 0 Å². The standard InChI is InChI=1S/C22H15N3OS2/c1-14-15-8-2-3-9-16(15)24-21(23-14)28-22(26)25-17-10-4-6-12-19(17)27-20-13-7-5-11-18(20)25/h2-13H,1H3. The number of carbonyl (C=O) groups is 1. The molecule has 6 heteroatoms. The zero-order valence-corrected chi connectivity index (χ0v) is 16.6. The fourth-order valence-electron chi connectivity index (χ4n) is 3.28. The van der Waals surface area contributed by atoms with Crippen molar-refractivity contribution in [1.82, 2.24) is 9.97 Å². The Morgan fingerprint density at radius 3 is 2.18 bits per heavy atom. The number of anilines is 2. The number of aryl methyl sites for hydroxylation is 1. The second kappa shape index (κ2) is 6.96. The van der Waals surface area contributed by atoms with Gasteiger partial charge in [0.15, 0.2) is 5.16 Å². The lowest BCUT2D eigenvalue weighted by atomic mass is 10.2. The molecular weight excluding hydrogens is 386 g/mol. The lowest BCUT2D eigenvalue weighted by Gasteiger charge is -2.30. The predicted molar refractivity (Wildman–Crippen MR) is 115 cm³/mol. The molecular formula is C22H15N3OS2. The van der Waals surface area contributed by atoms with Crippen LogP contribution in [0.25, 0.3) is 10.9 Å². The molecule has 2 heterocycles. The number of benzene rings is 3. The SMILES string of the molecule is Cc1nc(SC(=O)N2c3ccccc3Sc3ccccc32)nc2ccccc12. The molecule has 1 amide bonds. The highest BCUT2D eigenvalue weighted by molar-refractivity contribution is 8.13. The first-order valence-electron chi connectivity index (χ1n) is 8.82. The lowest BCUT2D eigenvalue weighted by Crippen LogP contribution is -2.24. The van der Waals surface area contributed by atoms with E-state index in [2.05, 4.69) is 9.97 Å². The number of carbonyl (C=O) groups excluding carboxylic acids is 1. The van der Waals surface area contributed by atoms with Gasteiger partial charge in [-0.3, -0.25) is 9.69 Å². The molecule has 0 atom stereocenters. The Hall–Kier alpha value is -2.83. The number of rotatable bonds is 1. The summed E-state index contributed by atoms with van der Waals surface area (Å²) in [6.07, 6.45) is 0. The summed E-state index contributed by atoms with van der Waals surface area (Å²) in [5.74, 6) is 0. The Kier molecular flexibility index (Phi) is 4.30. The van der Waals surface area contributed by atoms with Gasteiger partial charge in [0.1, 0.15) is 0 Å². The van der Waals surface area contributed by atoms with E-state index in [1.807, 2.05) is 79.7 Å². The van der Waals surface area contributed by atoms with Gasteiger partial charge in [-0.2, -0.15) is 0 Å². The second-order valence-corrected chi connectivity index (χ2v) is 8.35. The fourth-order valence-corrected chi connectivity index (χ4v) is 5.11. The molecule has 1 aromatic heterocycles. The van der Waals surface area contributed by atoms with Crippen molar-refractivity contribution in [3.8, 4) is 0 Å². The molecule has 0 spiro atoms.